The van der Waals surface area contributed by atoms with Crippen molar-refractivity contribution in [2.45, 2.75) is 18.6 Å². The van der Waals surface area contributed by atoms with Gasteiger partial charge in [0.15, 0.2) is 0 Å². The molecular weight excluding hydrogens is 406 g/mol. The van der Waals surface area contributed by atoms with Crippen LogP contribution in [0.3, 0.4) is 0 Å². The van der Waals surface area contributed by atoms with Gasteiger partial charge < -0.3 is 15.2 Å². The lowest BCUT2D eigenvalue weighted by molar-refractivity contribution is -0.138. The third-order valence-corrected chi connectivity index (χ3v) is 5.13. The molecular formula is C18H20BrNO4S. The molecule has 5 nitrogen and oxygen atoms in total. The van der Waals surface area contributed by atoms with Crippen molar-refractivity contribution in [1.29, 1.82) is 0 Å². The molecule has 0 aliphatic heterocycles. The minimum absolute atomic E-state index is 0.0199. The van der Waals surface area contributed by atoms with Crippen LogP contribution in [-0.4, -0.2) is 36.4 Å². The number of ether oxygens (including phenoxy) is 1. The summed E-state index contributed by atoms with van der Waals surface area (Å²) in [7, 11) is 1.66. The van der Waals surface area contributed by atoms with Gasteiger partial charge in [0.1, 0.15) is 5.75 Å². The largest absolute Gasteiger partial charge is 0.496 e. The van der Waals surface area contributed by atoms with Gasteiger partial charge in [-0.1, -0.05) is 28.1 Å². The Hall–Kier alpha value is -1.73. The van der Waals surface area contributed by atoms with E-state index in [1.165, 1.54) is 0 Å². The van der Waals surface area contributed by atoms with Crippen LogP contribution in [0, 0.1) is 0 Å². The minimum Gasteiger partial charge on any atom is -0.496 e. The van der Waals surface area contributed by atoms with Gasteiger partial charge in [0.2, 0.25) is 5.91 Å². The lowest BCUT2D eigenvalue weighted by Gasteiger charge is -2.12. The number of carboxylic acids is 1. The fourth-order valence-electron chi connectivity index (χ4n) is 2.43. The number of hydrogen-bond acceptors (Lipinski definition) is 4. The van der Waals surface area contributed by atoms with Gasteiger partial charge in [-0.2, -0.15) is 11.8 Å². The number of amides is 1. The quantitative estimate of drug-likeness (QED) is 0.597. The summed E-state index contributed by atoms with van der Waals surface area (Å²) in [6, 6.07) is 10.2. The van der Waals surface area contributed by atoms with E-state index in [2.05, 4.69) is 33.4 Å². The Morgan fingerprint density at radius 3 is 2.76 bits per heavy atom. The van der Waals surface area contributed by atoms with Crippen molar-refractivity contribution >= 4 is 50.3 Å². The molecule has 0 fully saturated rings. The molecule has 2 N–H and O–H groups in total. The first-order chi connectivity index (χ1) is 12.0. The van der Waals surface area contributed by atoms with Crippen LogP contribution >= 0.6 is 27.7 Å². The molecule has 0 spiro atoms. The van der Waals surface area contributed by atoms with Crippen molar-refractivity contribution in [3.63, 3.8) is 0 Å². The number of hydrogen-bond donors (Lipinski definition) is 2. The number of nitrogens with one attached hydrogen (secondary N) is 1. The second kappa shape index (κ2) is 9.68. The number of methoxy groups -OCH3 is 1. The van der Waals surface area contributed by atoms with Crippen LogP contribution in [0.5, 0.6) is 5.75 Å². The van der Waals surface area contributed by atoms with Crippen LogP contribution in [0.1, 0.15) is 18.4 Å². The maximum atomic E-state index is 11.5. The van der Waals surface area contributed by atoms with E-state index in [0.29, 0.717) is 6.54 Å². The maximum absolute atomic E-state index is 11.5. The Morgan fingerprint density at radius 1 is 1.24 bits per heavy atom. The second-order valence-corrected chi connectivity index (χ2v) is 7.43. The topological polar surface area (TPSA) is 75.6 Å². The molecule has 2 aromatic rings. The normalized spacial score (nSPS) is 10.6. The third-order valence-electron chi connectivity index (χ3n) is 3.65. The van der Waals surface area contributed by atoms with Gasteiger partial charge in [0, 0.05) is 34.5 Å². The molecule has 2 rings (SSSR count). The van der Waals surface area contributed by atoms with E-state index in [-0.39, 0.29) is 18.7 Å². The van der Waals surface area contributed by atoms with Crippen molar-refractivity contribution in [1.82, 2.24) is 5.32 Å². The highest BCUT2D eigenvalue weighted by molar-refractivity contribution is 9.10. The van der Waals surface area contributed by atoms with Crippen molar-refractivity contribution in [2.24, 2.45) is 0 Å². The number of carbonyl (C=O) groups excluding carboxylic acids is 1. The molecule has 0 aliphatic rings. The van der Waals surface area contributed by atoms with E-state index in [4.69, 9.17) is 9.84 Å². The van der Waals surface area contributed by atoms with E-state index < -0.39 is 5.97 Å². The van der Waals surface area contributed by atoms with E-state index in [1.807, 2.05) is 18.2 Å². The Labute approximate surface area is 159 Å². The van der Waals surface area contributed by atoms with Gasteiger partial charge >= 0.3 is 5.97 Å². The molecule has 2 aromatic carbocycles. The number of thioether (sulfide) groups is 1. The van der Waals surface area contributed by atoms with Gasteiger partial charge in [0.05, 0.1) is 13.5 Å². The summed E-state index contributed by atoms with van der Waals surface area (Å²) in [5.74, 6) is 1.18. The van der Waals surface area contributed by atoms with Crippen LogP contribution in [-0.2, 0) is 15.3 Å². The van der Waals surface area contributed by atoms with Gasteiger partial charge in [-0.25, -0.2) is 0 Å². The molecule has 0 radical (unpaired) electrons. The Morgan fingerprint density at radius 2 is 2.04 bits per heavy atom. The second-order valence-electron chi connectivity index (χ2n) is 5.41. The number of carboxylic acid groups (broad SMARTS) is 1. The predicted octanol–water partition coefficient (Wildman–Crippen LogP) is 3.83. The van der Waals surface area contributed by atoms with Gasteiger partial charge in [-0.15, -0.1) is 0 Å². The molecule has 0 atom stereocenters. The maximum Gasteiger partial charge on any atom is 0.303 e. The highest BCUT2D eigenvalue weighted by Gasteiger charge is 2.09. The van der Waals surface area contributed by atoms with E-state index in [0.717, 1.165) is 38.1 Å². The molecule has 0 saturated heterocycles. The summed E-state index contributed by atoms with van der Waals surface area (Å²) in [6.07, 6.45) is -0.117. The molecule has 1 amide bonds. The fourth-order valence-corrected chi connectivity index (χ4v) is 3.70. The molecule has 25 heavy (non-hydrogen) atoms. The van der Waals surface area contributed by atoms with Crippen LogP contribution in [0.25, 0.3) is 10.8 Å². The standard InChI is InChI=1S/C18H20BrNO4S/c1-24-16-5-2-12-10-13(19)3-4-14(12)15(16)11-25-9-8-20-17(21)6-7-18(22)23/h2-5,10H,6-9,11H2,1H3,(H,20,21)(H,22,23). The Balaban J connectivity index is 1.90. The summed E-state index contributed by atoms with van der Waals surface area (Å²) >= 11 is 5.19. The highest BCUT2D eigenvalue weighted by Crippen LogP contribution is 2.32. The zero-order valence-corrected chi connectivity index (χ0v) is 16.3. The SMILES string of the molecule is COc1ccc2cc(Br)ccc2c1CSCCNC(=O)CCC(=O)O. The number of halogens is 1. The molecule has 134 valence electrons. The van der Waals surface area contributed by atoms with Gasteiger partial charge in [-0.05, 0) is 29.0 Å². The first kappa shape index (κ1) is 19.6. The van der Waals surface area contributed by atoms with Crippen molar-refractivity contribution in [3.8, 4) is 5.75 Å². The number of benzene rings is 2. The first-order valence-corrected chi connectivity index (χ1v) is 9.77. The minimum atomic E-state index is -0.959. The first-order valence-electron chi connectivity index (χ1n) is 7.82. The fraction of sp³-hybridized carbons (Fsp3) is 0.333. The molecule has 0 saturated carbocycles. The zero-order valence-electron chi connectivity index (χ0n) is 13.9. The third kappa shape index (κ3) is 5.93. The van der Waals surface area contributed by atoms with Crippen molar-refractivity contribution in [3.05, 3.63) is 40.4 Å². The Kier molecular flexibility index (Phi) is 7.58. The van der Waals surface area contributed by atoms with Crippen LogP contribution in [0.15, 0.2) is 34.8 Å². The van der Waals surface area contributed by atoms with Crippen LogP contribution in [0.4, 0.5) is 0 Å². The monoisotopic (exact) mass is 425 g/mol. The average Bonchev–Trinajstić information content (AvgIpc) is 2.59. The summed E-state index contributed by atoms with van der Waals surface area (Å²) in [5.41, 5.74) is 1.13. The molecule has 7 heteroatoms. The number of rotatable bonds is 9. The van der Waals surface area contributed by atoms with Crippen LogP contribution in [0.2, 0.25) is 0 Å². The predicted molar refractivity (Wildman–Crippen MR) is 104 cm³/mol. The van der Waals surface area contributed by atoms with Gasteiger partial charge in [-0.3, -0.25) is 9.59 Å². The van der Waals surface area contributed by atoms with Gasteiger partial charge in [0.25, 0.3) is 0 Å². The molecule has 0 bridgehead atoms. The molecule has 0 aromatic heterocycles. The lowest BCUT2D eigenvalue weighted by Crippen LogP contribution is -2.26. The summed E-state index contributed by atoms with van der Waals surface area (Å²) in [4.78, 5) is 21.9. The van der Waals surface area contributed by atoms with E-state index >= 15 is 0 Å². The summed E-state index contributed by atoms with van der Waals surface area (Å²) in [5, 5.41) is 13.6. The van der Waals surface area contributed by atoms with E-state index in [1.54, 1.807) is 18.9 Å². The number of carbonyl (C=O) groups is 2. The van der Waals surface area contributed by atoms with Crippen LogP contribution < -0.4 is 10.1 Å². The smallest absolute Gasteiger partial charge is 0.303 e. The number of aliphatic carboxylic acids is 1. The summed E-state index contributed by atoms with van der Waals surface area (Å²) in [6.45, 7) is 0.516. The molecule has 0 unspecified atom stereocenters. The molecule has 0 heterocycles. The Bertz CT molecular complexity index is 766. The molecule has 0 aliphatic carbocycles. The van der Waals surface area contributed by atoms with Crippen molar-refractivity contribution in [2.75, 3.05) is 19.4 Å². The summed E-state index contributed by atoms with van der Waals surface area (Å²) < 4.78 is 6.52. The average molecular weight is 426 g/mol. The zero-order chi connectivity index (χ0) is 18.2. The number of fused-ring (bicyclic) bond motifs is 1. The van der Waals surface area contributed by atoms with E-state index in [9.17, 15) is 9.59 Å². The lowest BCUT2D eigenvalue weighted by atomic mass is 10.0. The highest BCUT2D eigenvalue weighted by atomic mass is 79.9. The van der Waals surface area contributed by atoms with Crippen molar-refractivity contribution < 1.29 is 19.4 Å².